The van der Waals surface area contributed by atoms with Gasteiger partial charge in [-0.05, 0) is 6.92 Å². The number of sulfonamides is 1. The van der Waals surface area contributed by atoms with E-state index in [0.29, 0.717) is 0 Å². The lowest BCUT2D eigenvalue weighted by Gasteiger charge is -2.07. The third-order valence-corrected chi connectivity index (χ3v) is 2.81. The molecule has 16 heavy (non-hydrogen) atoms. The Morgan fingerprint density at radius 1 is 1.25 bits per heavy atom. The van der Waals surface area contributed by atoms with Crippen LogP contribution in [0.4, 0.5) is 13.2 Å². The van der Waals surface area contributed by atoms with Gasteiger partial charge in [0, 0.05) is 12.1 Å². The van der Waals surface area contributed by atoms with Crippen LogP contribution in [0.3, 0.4) is 0 Å². The van der Waals surface area contributed by atoms with Gasteiger partial charge in [0.2, 0.25) is 0 Å². The summed E-state index contributed by atoms with van der Waals surface area (Å²) in [6.45, 7) is 1.45. The first-order chi connectivity index (χ1) is 7.38. The van der Waals surface area contributed by atoms with Gasteiger partial charge in [-0.3, -0.25) is 4.84 Å². The summed E-state index contributed by atoms with van der Waals surface area (Å²) in [5, 5.41) is 0. The van der Waals surface area contributed by atoms with Crippen molar-refractivity contribution in [2.45, 2.75) is 11.8 Å². The number of rotatable bonds is 4. The lowest BCUT2D eigenvalue weighted by atomic mass is 10.3. The summed E-state index contributed by atoms with van der Waals surface area (Å²) in [7, 11) is -4.49. The molecular formula is C8H8F3NO3S. The average Bonchev–Trinajstić information content (AvgIpc) is 2.12. The fraction of sp³-hybridized carbons (Fsp3) is 0.250. The van der Waals surface area contributed by atoms with Crippen LogP contribution >= 0.6 is 0 Å². The maximum Gasteiger partial charge on any atom is 0.268 e. The Kier molecular flexibility index (Phi) is 3.89. The van der Waals surface area contributed by atoms with Crippen LogP contribution in [0.15, 0.2) is 17.0 Å². The highest BCUT2D eigenvalue weighted by molar-refractivity contribution is 7.89. The number of nitrogens with one attached hydrogen (secondary N) is 1. The molecule has 1 N–H and O–H groups in total. The molecular weight excluding hydrogens is 247 g/mol. The van der Waals surface area contributed by atoms with Crippen LogP contribution in [0.25, 0.3) is 0 Å². The Labute approximate surface area is 90.0 Å². The summed E-state index contributed by atoms with van der Waals surface area (Å²) in [6, 6.07) is 0.535. The highest BCUT2D eigenvalue weighted by atomic mass is 32.2. The number of benzene rings is 1. The van der Waals surface area contributed by atoms with Gasteiger partial charge in [0.05, 0.1) is 6.61 Å². The largest absolute Gasteiger partial charge is 0.287 e. The SMILES string of the molecule is CCONS(=O)(=O)c1c(F)cc(F)cc1F. The quantitative estimate of drug-likeness (QED) is 0.826. The smallest absolute Gasteiger partial charge is 0.268 e. The van der Waals surface area contributed by atoms with Crippen molar-refractivity contribution in [1.29, 1.82) is 0 Å². The molecule has 8 heteroatoms. The van der Waals surface area contributed by atoms with Crippen molar-refractivity contribution >= 4 is 10.0 Å². The van der Waals surface area contributed by atoms with E-state index in [1.54, 1.807) is 0 Å². The van der Waals surface area contributed by atoms with Gasteiger partial charge in [-0.2, -0.15) is 0 Å². The zero-order chi connectivity index (χ0) is 12.3. The van der Waals surface area contributed by atoms with E-state index in [0.717, 1.165) is 0 Å². The minimum atomic E-state index is -4.49. The van der Waals surface area contributed by atoms with Crippen LogP contribution < -0.4 is 4.89 Å². The van der Waals surface area contributed by atoms with Crippen LogP contribution in [0, 0.1) is 17.5 Å². The van der Waals surface area contributed by atoms with Gasteiger partial charge in [-0.1, -0.05) is 4.89 Å². The lowest BCUT2D eigenvalue weighted by molar-refractivity contribution is 0.105. The normalized spacial score (nSPS) is 11.8. The molecule has 0 aliphatic rings. The summed E-state index contributed by atoms with van der Waals surface area (Å²) >= 11 is 0. The zero-order valence-electron chi connectivity index (χ0n) is 8.13. The van der Waals surface area contributed by atoms with Crippen molar-refractivity contribution in [3.05, 3.63) is 29.6 Å². The Bertz CT molecular complexity index is 466. The zero-order valence-corrected chi connectivity index (χ0v) is 8.95. The molecule has 0 unspecified atom stereocenters. The first-order valence-electron chi connectivity index (χ1n) is 4.16. The molecule has 0 aromatic heterocycles. The molecule has 1 aromatic rings. The fourth-order valence-electron chi connectivity index (χ4n) is 0.964. The second kappa shape index (κ2) is 4.81. The Hall–Kier alpha value is -1.12. The standard InChI is InChI=1S/C8H8F3NO3S/c1-2-15-12-16(13,14)8-6(10)3-5(9)4-7(8)11/h3-4,12H,2H2,1H3. The third-order valence-electron chi connectivity index (χ3n) is 1.54. The maximum atomic E-state index is 13.1. The summed E-state index contributed by atoms with van der Waals surface area (Å²) < 4.78 is 61.3. The molecule has 4 nitrogen and oxygen atoms in total. The number of hydrogen-bond acceptors (Lipinski definition) is 3. The van der Waals surface area contributed by atoms with Crippen LogP contribution in [-0.4, -0.2) is 15.0 Å². The van der Waals surface area contributed by atoms with E-state index in [9.17, 15) is 21.6 Å². The maximum absolute atomic E-state index is 13.1. The van der Waals surface area contributed by atoms with Crippen molar-refractivity contribution in [3.8, 4) is 0 Å². The third kappa shape index (κ3) is 2.71. The summed E-state index contributed by atoms with van der Waals surface area (Å²) in [6.07, 6.45) is 0. The van der Waals surface area contributed by atoms with Gasteiger partial charge in [0.1, 0.15) is 17.5 Å². The van der Waals surface area contributed by atoms with Crippen molar-refractivity contribution in [2.75, 3.05) is 6.61 Å². The van der Waals surface area contributed by atoms with Crippen LogP contribution in [0.2, 0.25) is 0 Å². The van der Waals surface area contributed by atoms with Gasteiger partial charge >= 0.3 is 0 Å². The predicted molar refractivity (Wildman–Crippen MR) is 48.3 cm³/mol. The highest BCUT2D eigenvalue weighted by Crippen LogP contribution is 2.19. The minimum absolute atomic E-state index is 0.0241. The van der Waals surface area contributed by atoms with Gasteiger partial charge in [0.25, 0.3) is 10.0 Å². The second-order valence-corrected chi connectivity index (χ2v) is 4.30. The van der Waals surface area contributed by atoms with Crippen molar-refractivity contribution in [2.24, 2.45) is 0 Å². The first kappa shape index (κ1) is 12.9. The molecule has 0 radical (unpaired) electrons. The molecule has 0 aliphatic heterocycles. The minimum Gasteiger partial charge on any atom is -0.287 e. The molecule has 0 spiro atoms. The van der Waals surface area contributed by atoms with E-state index in [1.807, 2.05) is 0 Å². The Balaban J connectivity index is 3.23. The van der Waals surface area contributed by atoms with E-state index in [4.69, 9.17) is 0 Å². The molecule has 0 heterocycles. The van der Waals surface area contributed by atoms with Crippen molar-refractivity contribution in [3.63, 3.8) is 0 Å². The molecule has 0 atom stereocenters. The lowest BCUT2D eigenvalue weighted by Crippen LogP contribution is -2.26. The van der Waals surface area contributed by atoms with E-state index in [1.165, 1.54) is 11.8 Å². The van der Waals surface area contributed by atoms with Gasteiger partial charge in [-0.15, -0.1) is 0 Å². The molecule has 0 saturated carbocycles. The van der Waals surface area contributed by atoms with Crippen molar-refractivity contribution in [1.82, 2.24) is 4.89 Å². The first-order valence-corrected chi connectivity index (χ1v) is 5.65. The summed E-state index contributed by atoms with van der Waals surface area (Å²) in [5.74, 6) is -4.25. The highest BCUT2D eigenvalue weighted by Gasteiger charge is 2.25. The fourth-order valence-corrected chi connectivity index (χ4v) is 1.95. The van der Waals surface area contributed by atoms with E-state index in [-0.39, 0.29) is 18.7 Å². The topological polar surface area (TPSA) is 55.4 Å². The summed E-state index contributed by atoms with van der Waals surface area (Å²) in [5.41, 5.74) is 0. The average molecular weight is 255 g/mol. The van der Waals surface area contributed by atoms with E-state index < -0.39 is 32.4 Å². The molecule has 1 aromatic carbocycles. The molecule has 1 rings (SSSR count). The monoisotopic (exact) mass is 255 g/mol. The van der Waals surface area contributed by atoms with E-state index >= 15 is 0 Å². The molecule has 90 valence electrons. The predicted octanol–water partition coefficient (Wildman–Crippen LogP) is 1.33. The number of hydrogen-bond donors (Lipinski definition) is 1. The second-order valence-electron chi connectivity index (χ2n) is 2.72. The number of halogens is 3. The van der Waals surface area contributed by atoms with Crippen LogP contribution in [-0.2, 0) is 14.9 Å². The molecule has 0 saturated heterocycles. The Morgan fingerprint density at radius 3 is 2.19 bits per heavy atom. The van der Waals surface area contributed by atoms with Crippen LogP contribution in [0.5, 0.6) is 0 Å². The van der Waals surface area contributed by atoms with Crippen LogP contribution in [0.1, 0.15) is 6.92 Å². The summed E-state index contributed by atoms with van der Waals surface area (Å²) in [4.78, 5) is 4.55. The van der Waals surface area contributed by atoms with Gasteiger partial charge in [-0.25, -0.2) is 21.6 Å². The Morgan fingerprint density at radius 2 is 1.75 bits per heavy atom. The molecule has 0 fully saturated rings. The van der Waals surface area contributed by atoms with Crippen molar-refractivity contribution < 1.29 is 26.4 Å². The molecule has 0 aliphatic carbocycles. The molecule has 0 bridgehead atoms. The van der Waals surface area contributed by atoms with E-state index in [2.05, 4.69) is 4.84 Å². The molecule has 0 amide bonds. The van der Waals surface area contributed by atoms with Gasteiger partial charge in [0.15, 0.2) is 4.90 Å². The van der Waals surface area contributed by atoms with Gasteiger partial charge < -0.3 is 0 Å².